The van der Waals surface area contributed by atoms with Crippen LogP contribution in [0.3, 0.4) is 0 Å². The molecule has 3 aromatic rings. The summed E-state index contributed by atoms with van der Waals surface area (Å²) in [5.41, 5.74) is 3.82. The van der Waals surface area contributed by atoms with Crippen LogP contribution < -0.4 is 5.32 Å². The molecule has 4 rings (SSSR count). The second-order valence-corrected chi connectivity index (χ2v) is 6.75. The van der Waals surface area contributed by atoms with Gasteiger partial charge in [-0.15, -0.1) is 0 Å². The third-order valence-electron chi connectivity index (χ3n) is 4.23. The Morgan fingerprint density at radius 2 is 1.92 bits per heavy atom. The van der Waals surface area contributed by atoms with Gasteiger partial charge in [0.2, 0.25) is 0 Å². The summed E-state index contributed by atoms with van der Waals surface area (Å²) in [5, 5.41) is 7.79. The van der Waals surface area contributed by atoms with Gasteiger partial charge in [0, 0.05) is 15.6 Å². The average molecular weight is 382 g/mol. The van der Waals surface area contributed by atoms with Gasteiger partial charge in [-0.1, -0.05) is 40.2 Å². The summed E-state index contributed by atoms with van der Waals surface area (Å²) < 4.78 is 2.73. The van der Waals surface area contributed by atoms with Crippen LogP contribution in [0.2, 0.25) is 0 Å². The van der Waals surface area contributed by atoms with E-state index in [-0.39, 0.29) is 5.91 Å². The van der Waals surface area contributed by atoms with E-state index in [9.17, 15) is 4.79 Å². The minimum Gasteiger partial charge on any atom is -0.306 e. The largest absolute Gasteiger partial charge is 0.306 e. The summed E-state index contributed by atoms with van der Waals surface area (Å²) in [6, 6.07) is 17.3. The van der Waals surface area contributed by atoms with Gasteiger partial charge < -0.3 is 5.32 Å². The molecule has 0 atom stereocenters. The van der Waals surface area contributed by atoms with Crippen LogP contribution in [0.1, 0.15) is 28.0 Å². The summed E-state index contributed by atoms with van der Waals surface area (Å²) >= 11 is 3.41. The fraction of sp³-hybridized carbons (Fsp3) is 0.158. The predicted molar refractivity (Wildman–Crippen MR) is 97.7 cm³/mol. The Bertz CT molecular complexity index is 902. The maximum Gasteiger partial charge on any atom is 0.256 e. The van der Waals surface area contributed by atoms with Crippen LogP contribution >= 0.6 is 15.9 Å². The standard InChI is InChI=1S/C19H16BrN3O/c20-14-7-4-6-13(12-14)19(24)21-18-16-10-5-11-17(16)22-23(18)15-8-2-1-3-9-15/h1-4,6-9,12H,5,10-11H2,(H,21,24). The molecule has 120 valence electrons. The number of hydrogen-bond acceptors (Lipinski definition) is 2. The summed E-state index contributed by atoms with van der Waals surface area (Å²) in [4.78, 5) is 12.7. The summed E-state index contributed by atoms with van der Waals surface area (Å²) in [6.45, 7) is 0. The van der Waals surface area contributed by atoms with E-state index in [0.29, 0.717) is 5.56 Å². The monoisotopic (exact) mass is 381 g/mol. The van der Waals surface area contributed by atoms with E-state index in [4.69, 9.17) is 5.10 Å². The molecular formula is C19H16BrN3O. The number of carbonyl (C=O) groups excluding carboxylic acids is 1. The normalized spacial score (nSPS) is 12.9. The first kappa shape index (κ1) is 15.1. The highest BCUT2D eigenvalue weighted by atomic mass is 79.9. The molecule has 1 aromatic heterocycles. The zero-order valence-electron chi connectivity index (χ0n) is 13.0. The van der Waals surface area contributed by atoms with Gasteiger partial charge in [0.15, 0.2) is 0 Å². The number of nitrogens with zero attached hydrogens (tertiary/aromatic N) is 2. The molecule has 0 saturated heterocycles. The van der Waals surface area contributed by atoms with Crippen LogP contribution in [-0.2, 0) is 12.8 Å². The minimum atomic E-state index is -0.122. The first-order valence-electron chi connectivity index (χ1n) is 7.95. The number of fused-ring (bicyclic) bond motifs is 1. The third kappa shape index (κ3) is 2.76. The van der Waals surface area contributed by atoms with E-state index in [2.05, 4.69) is 21.2 Å². The molecule has 1 N–H and O–H groups in total. The second-order valence-electron chi connectivity index (χ2n) is 5.84. The van der Waals surface area contributed by atoms with Crippen LogP contribution in [0.5, 0.6) is 0 Å². The molecular weight excluding hydrogens is 366 g/mol. The Balaban J connectivity index is 1.73. The Morgan fingerprint density at radius 1 is 1.08 bits per heavy atom. The van der Waals surface area contributed by atoms with Crippen LogP contribution in [-0.4, -0.2) is 15.7 Å². The van der Waals surface area contributed by atoms with Crippen molar-refractivity contribution in [1.29, 1.82) is 0 Å². The lowest BCUT2D eigenvalue weighted by molar-refractivity contribution is 0.102. The summed E-state index contributed by atoms with van der Waals surface area (Å²) in [5.74, 6) is 0.668. The minimum absolute atomic E-state index is 0.122. The maximum absolute atomic E-state index is 12.7. The molecule has 0 unspecified atom stereocenters. The maximum atomic E-state index is 12.7. The van der Waals surface area contributed by atoms with Crippen molar-refractivity contribution in [3.8, 4) is 5.69 Å². The van der Waals surface area contributed by atoms with E-state index in [1.54, 1.807) is 0 Å². The lowest BCUT2D eigenvalue weighted by Crippen LogP contribution is -2.16. The van der Waals surface area contributed by atoms with Gasteiger partial charge in [0.05, 0.1) is 11.4 Å². The smallest absolute Gasteiger partial charge is 0.256 e. The van der Waals surface area contributed by atoms with Crippen molar-refractivity contribution in [2.75, 3.05) is 5.32 Å². The fourth-order valence-corrected chi connectivity index (χ4v) is 3.48. The Morgan fingerprint density at radius 3 is 2.71 bits per heavy atom. The van der Waals surface area contributed by atoms with Gasteiger partial charge in [-0.2, -0.15) is 5.10 Å². The van der Waals surface area contributed by atoms with Crippen LogP contribution in [0.4, 0.5) is 5.82 Å². The van der Waals surface area contributed by atoms with Crippen molar-refractivity contribution >= 4 is 27.7 Å². The van der Waals surface area contributed by atoms with E-state index in [1.807, 2.05) is 59.3 Å². The zero-order valence-corrected chi connectivity index (χ0v) is 14.6. The molecule has 24 heavy (non-hydrogen) atoms. The first-order valence-corrected chi connectivity index (χ1v) is 8.75. The molecule has 1 amide bonds. The molecule has 1 heterocycles. The molecule has 0 radical (unpaired) electrons. The third-order valence-corrected chi connectivity index (χ3v) is 4.72. The van der Waals surface area contributed by atoms with Crippen molar-refractivity contribution in [1.82, 2.24) is 9.78 Å². The molecule has 0 fully saturated rings. The van der Waals surface area contributed by atoms with Gasteiger partial charge in [-0.3, -0.25) is 4.79 Å². The van der Waals surface area contributed by atoms with E-state index < -0.39 is 0 Å². The number of carbonyl (C=O) groups is 1. The van der Waals surface area contributed by atoms with Gasteiger partial charge in [-0.25, -0.2) is 4.68 Å². The van der Waals surface area contributed by atoms with Crippen molar-refractivity contribution in [2.24, 2.45) is 0 Å². The van der Waals surface area contributed by atoms with Gasteiger partial charge in [-0.05, 0) is 49.6 Å². The molecule has 0 aliphatic heterocycles. The van der Waals surface area contributed by atoms with Crippen molar-refractivity contribution in [3.05, 3.63) is 75.9 Å². The lowest BCUT2D eigenvalue weighted by atomic mass is 10.2. The number of hydrogen-bond donors (Lipinski definition) is 1. The van der Waals surface area contributed by atoms with Crippen LogP contribution in [0, 0.1) is 0 Å². The molecule has 2 aromatic carbocycles. The van der Waals surface area contributed by atoms with Crippen LogP contribution in [0.25, 0.3) is 5.69 Å². The highest BCUT2D eigenvalue weighted by Crippen LogP contribution is 2.31. The highest BCUT2D eigenvalue weighted by molar-refractivity contribution is 9.10. The molecule has 4 nitrogen and oxygen atoms in total. The van der Waals surface area contributed by atoms with Gasteiger partial charge in [0.1, 0.15) is 5.82 Å². The van der Waals surface area contributed by atoms with Gasteiger partial charge >= 0.3 is 0 Å². The molecule has 1 aliphatic rings. The SMILES string of the molecule is O=C(Nc1c2c(nn1-c1ccccc1)CCC2)c1cccc(Br)c1. The number of nitrogens with one attached hydrogen (secondary N) is 1. The molecule has 5 heteroatoms. The fourth-order valence-electron chi connectivity index (χ4n) is 3.09. The number of para-hydroxylation sites is 1. The van der Waals surface area contributed by atoms with Crippen molar-refractivity contribution in [3.63, 3.8) is 0 Å². The van der Waals surface area contributed by atoms with Crippen molar-refractivity contribution < 1.29 is 4.79 Å². The summed E-state index contributed by atoms with van der Waals surface area (Å²) in [7, 11) is 0. The number of rotatable bonds is 3. The number of amides is 1. The van der Waals surface area contributed by atoms with Crippen molar-refractivity contribution in [2.45, 2.75) is 19.3 Å². The highest BCUT2D eigenvalue weighted by Gasteiger charge is 2.24. The number of benzene rings is 2. The zero-order chi connectivity index (χ0) is 16.5. The quantitative estimate of drug-likeness (QED) is 0.731. The van der Waals surface area contributed by atoms with E-state index >= 15 is 0 Å². The second kappa shape index (κ2) is 6.24. The predicted octanol–water partition coefficient (Wildman–Crippen LogP) is 4.38. The first-order chi connectivity index (χ1) is 11.7. The Hall–Kier alpha value is -2.40. The number of halogens is 1. The lowest BCUT2D eigenvalue weighted by Gasteiger charge is -2.11. The average Bonchev–Trinajstić information content (AvgIpc) is 3.18. The topological polar surface area (TPSA) is 46.9 Å². The van der Waals surface area contributed by atoms with E-state index in [0.717, 1.165) is 46.5 Å². The molecule has 0 bridgehead atoms. The number of anilines is 1. The van der Waals surface area contributed by atoms with Gasteiger partial charge in [0.25, 0.3) is 5.91 Å². The Kier molecular flexibility index (Phi) is 3.94. The Labute approximate surface area is 148 Å². The van der Waals surface area contributed by atoms with Crippen LogP contribution in [0.15, 0.2) is 59.1 Å². The molecule has 0 saturated carbocycles. The van der Waals surface area contributed by atoms with E-state index in [1.165, 1.54) is 0 Å². The summed E-state index contributed by atoms with van der Waals surface area (Å²) in [6.07, 6.45) is 3.01. The number of aromatic nitrogens is 2. The molecule has 0 spiro atoms. The molecule has 1 aliphatic carbocycles. The number of aryl methyl sites for hydroxylation is 1.